The quantitative estimate of drug-likeness (QED) is 0.163. The first kappa shape index (κ1) is 33.5. The van der Waals surface area contributed by atoms with Crippen LogP contribution in [0.1, 0.15) is 25.8 Å². The van der Waals surface area contributed by atoms with Gasteiger partial charge >= 0.3 is 0 Å². The van der Waals surface area contributed by atoms with E-state index in [1.165, 1.54) is 28.8 Å². The van der Waals surface area contributed by atoms with Crippen LogP contribution < -0.4 is 19.4 Å². The molecule has 4 heterocycles. The average Bonchev–Trinajstić information content (AvgIpc) is 3.91. The average molecular weight is 703 g/mol. The number of aromatic nitrogens is 3. The summed E-state index contributed by atoms with van der Waals surface area (Å²) in [6, 6.07) is 25.3. The number of ether oxygens (including phenoxy) is 3. The molecule has 0 aliphatic carbocycles. The third-order valence-electron chi connectivity index (χ3n) is 9.40. The van der Waals surface area contributed by atoms with E-state index in [-0.39, 0.29) is 6.10 Å². The molecule has 11 nitrogen and oxygen atoms in total. The van der Waals surface area contributed by atoms with Crippen LogP contribution in [0.2, 0.25) is 5.02 Å². The van der Waals surface area contributed by atoms with Crippen molar-refractivity contribution in [3.8, 4) is 5.75 Å². The first-order valence-electron chi connectivity index (χ1n) is 16.8. The highest BCUT2D eigenvalue weighted by atomic mass is 35.5. The second-order valence-electron chi connectivity index (χ2n) is 12.7. The number of piperazine rings is 1. The molecule has 3 aliphatic rings. The van der Waals surface area contributed by atoms with Crippen molar-refractivity contribution < 1.29 is 14.2 Å². The lowest BCUT2D eigenvalue weighted by Crippen LogP contribution is -2.46. The van der Waals surface area contributed by atoms with Gasteiger partial charge in [-0.3, -0.25) is 5.01 Å². The van der Waals surface area contributed by atoms with Gasteiger partial charge in [-0.05, 0) is 74.0 Å². The van der Waals surface area contributed by atoms with Gasteiger partial charge in [-0.25, -0.2) is 0 Å². The lowest BCUT2D eigenvalue weighted by atomic mass is 10.1. The second kappa shape index (κ2) is 14.9. The largest absolute Gasteiger partial charge is 0.491 e. The van der Waals surface area contributed by atoms with E-state index in [4.69, 9.17) is 25.8 Å². The second-order valence-corrected chi connectivity index (χ2v) is 14.0. The van der Waals surface area contributed by atoms with Crippen molar-refractivity contribution in [1.82, 2.24) is 19.8 Å². The minimum Gasteiger partial charge on any atom is -0.491 e. The van der Waals surface area contributed by atoms with Crippen molar-refractivity contribution in [1.29, 1.82) is 0 Å². The van der Waals surface area contributed by atoms with Gasteiger partial charge in [0.1, 0.15) is 37.8 Å². The highest BCUT2D eigenvalue weighted by molar-refractivity contribution is 7.99. The summed E-state index contributed by atoms with van der Waals surface area (Å²) >= 11 is 7.72. The van der Waals surface area contributed by atoms with Gasteiger partial charge in [-0.1, -0.05) is 42.4 Å². The zero-order valence-corrected chi connectivity index (χ0v) is 29.8. The third-order valence-corrected chi connectivity index (χ3v) is 10.8. The van der Waals surface area contributed by atoms with Crippen LogP contribution in [0, 0.1) is 0 Å². The van der Waals surface area contributed by atoms with E-state index in [1.807, 2.05) is 54.4 Å². The van der Waals surface area contributed by atoms with E-state index < -0.39 is 5.79 Å². The predicted molar refractivity (Wildman–Crippen MR) is 196 cm³/mol. The van der Waals surface area contributed by atoms with Crippen molar-refractivity contribution in [2.75, 3.05) is 66.5 Å². The van der Waals surface area contributed by atoms with Gasteiger partial charge in [0.15, 0.2) is 5.16 Å². The Morgan fingerprint density at radius 3 is 2.22 bits per heavy atom. The number of benzene rings is 3. The first-order chi connectivity index (χ1) is 23.9. The number of hydrazone groups is 1. The van der Waals surface area contributed by atoms with Crippen molar-refractivity contribution >= 4 is 46.8 Å². The maximum absolute atomic E-state index is 6.56. The van der Waals surface area contributed by atoms with E-state index in [0.717, 1.165) is 55.7 Å². The molecule has 3 atom stereocenters. The molecular formula is C36H43ClN8O3S. The number of nitrogens with zero attached hydrogens (tertiary/aromatic N) is 8. The van der Waals surface area contributed by atoms with Crippen molar-refractivity contribution in [2.24, 2.45) is 12.1 Å². The molecule has 258 valence electrons. The normalized spacial score (nSPS) is 21.5. The monoisotopic (exact) mass is 702 g/mol. The molecule has 3 aromatic carbocycles. The summed E-state index contributed by atoms with van der Waals surface area (Å²) in [6.07, 6.45) is 4.46. The molecule has 2 fully saturated rings. The Morgan fingerprint density at radius 2 is 1.59 bits per heavy atom. The molecular weight excluding hydrogens is 660 g/mol. The Balaban J connectivity index is 0.895. The van der Waals surface area contributed by atoms with Crippen LogP contribution in [0.4, 0.5) is 17.1 Å². The standard InChI is InChI=1S/C36H43ClN8O3S/c1-4-27(2)45-26-44(25-39-45)32-11-9-30(10-12-32)42-17-19-43(20-18-42)31-13-15-33(16-14-31)46-21-34-22-47-36(48-34,28-5-7-29(37)8-6-28)23-49-35-40-38-24-41(35)3/h5-16,24-25,27,34H,4,17-23,26H2,1-3H3. The van der Waals surface area contributed by atoms with Crippen LogP contribution in [0.25, 0.3) is 0 Å². The maximum atomic E-state index is 6.56. The molecule has 0 saturated carbocycles. The van der Waals surface area contributed by atoms with Crippen LogP contribution in [0.5, 0.6) is 5.75 Å². The fourth-order valence-electron chi connectivity index (χ4n) is 6.21. The summed E-state index contributed by atoms with van der Waals surface area (Å²) in [5.41, 5.74) is 4.53. The summed E-state index contributed by atoms with van der Waals surface area (Å²) < 4.78 is 21.0. The SMILES string of the molecule is CCC(C)N1CN(c2ccc(N3CCN(c4ccc(OCC5COC(CSc6nncn6C)(c6ccc(Cl)cc6)O5)cc4)CC3)cc2)C=N1. The van der Waals surface area contributed by atoms with Gasteiger partial charge in [0, 0.05) is 66.9 Å². The zero-order valence-electron chi connectivity index (χ0n) is 28.2. The fraction of sp³-hybridized carbons (Fsp3) is 0.417. The molecule has 7 rings (SSSR count). The van der Waals surface area contributed by atoms with Gasteiger partial charge in [-0.2, -0.15) is 5.10 Å². The van der Waals surface area contributed by atoms with E-state index >= 15 is 0 Å². The van der Waals surface area contributed by atoms with E-state index in [2.05, 4.69) is 85.3 Å². The summed E-state index contributed by atoms with van der Waals surface area (Å²) in [7, 11) is 1.92. The molecule has 2 saturated heterocycles. The highest BCUT2D eigenvalue weighted by Crippen LogP contribution is 2.39. The smallest absolute Gasteiger partial charge is 0.205 e. The zero-order chi connectivity index (χ0) is 33.8. The molecule has 0 N–H and O–H groups in total. The fourth-order valence-corrected chi connectivity index (χ4v) is 7.33. The Morgan fingerprint density at radius 1 is 0.939 bits per heavy atom. The van der Waals surface area contributed by atoms with E-state index in [1.54, 1.807) is 6.33 Å². The number of hydrogen-bond donors (Lipinski definition) is 0. The number of aryl methyl sites for hydroxylation is 1. The minimum atomic E-state index is -0.943. The van der Waals surface area contributed by atoms with Gasteiger partial charge < -0.3 is 33.5 Å². The van der Waals surface area contributed by atoms with Gasteiger partial charge in [0.05, 0.1) is 12.4 Å². The van der Waals surface area contributed by atoms with Crippen molar-refractivity contribution in [3.63, 3.8) is 0 Å². The highest BCUT2D eigenvalue weighted by Gasteiger charge is 2.44. The number of halogens is 1. The predicted octanol–water partition coefficient (Wildman–Crippen LogP) is 6.06. The molecule has 0 amide bonds. The molecule has 0 bridgehead atoms. The lowest BCUT2D eigenvalue weighted by molar-refractivity contribution is -0.160. The van der Waals surface area contributed by atoms with Crippen LogP contribution in [0.15, 0.2) is 89.4 Å². The number of anilines is 3. The Hall–Kier alpha value is -3.97. The molecule has 13 heteroatoms. The first-order valence-corrected chi connectivity index (χ1v) is 18.2. The van der Waals surface area contributed by atoms with Gasteiger partial charge in [0.25, 0.3) is 0 Å². The topological polar surface area (TPSA) is 83.7 Å². The Labute approximate surface area is 297 Å². The molecule has 3 aliphatic heterocycles. The molecule has 49 heavy (non-hydrogen) atoms. The van der Waals surface area contributed by atoms with Gasteiger partial charge in [-0.15, -0.1) is 10.2 Å². The Bertz CT molecular complexity index is 1700. The third kappa shape index (κ3) is 7.62. The molecule has 4 aromatic rings. The van der Waals surface area contributed by atoms with Gasteiger partial charge in [0.2, 0.25) is 5.79 Å². The number of hydrogen-bond acceptors (Lipinski definition) is 11. The van der Waals surface area contributed by atoms with Crippen LogP contribution >= 0.6 is 23.4 Å². The molecule has 0 radical (unpaired) electrons. The van der Waals surface area contributed by atoms with E-state index in [9.17, 15) is 0 Å². The number of thioether (sulfide) groups is 1. The van der Waals surface area contributed by atoms with Crippen molar-refractivity contribution in [2.45, 2.75) is 43.4 Å². The van der Waals surface area contributed by atoms with Crippen molar-refractivity contribution in [3.05, 3.63) is 89.7 Å². The molecule has 3 unspecified atom stereocenters. The molecule has 0 spiro atoms. The maximum Gasteiger partial charge on any atom is 0.205 e. The summed E-state index contributed by atoms with van der Waals surface area (Å²) in [6.45, 7) is 9.84. The summed E-state index contributed by atoms with van der Waals surface area (Å²) in [4.78, 5) is 7.09. The van der Waals surface area contributed by atoms with Crippen LogP contribution in [-0.4, -0.2) is 90.1 Å². The van der Waals surface area contributed by atoms with E-state index in [0.29, 0.717) is 30.0 Å². The molecule has 1 aromatic heterocycles. The van der Waals surface area contributed by atoms with Crippen LogP contribution in [-0.2, 0) is 22.3 Å². The summed E-state index contributed by atoms with van der Waals surface area (Å²) in [5, 5.41) is 16.4. The Kier molecular flexibility index (Phi) is 10.2. The number of rotatable bonds is 12. The van der Waals surface area contributed by atoms with Crippen LogP contribution in [0.3, 0.4) is 0 Å². The lowest BCUT2D eigenvalue weighted by Gasteiger charge is -2.37. The summed E-state index contributed by atoms with van der Waals surface area (Å²) in [5.74, 6) is 0.371. The minimum absolute atomic E-state index is 0.236.